The molecule has 4 unspecified atom stereocenters. The first kappa shape index (κ1) is 101. The summed E-state index contributed by atoms with van der Waals surface area (Å²) in [5.74, 6) is 4.84. The Kier molecular flexibility index (Phi) is 32.9. The summed E-state index contributed by atoms with van der Waals surface area (Å²) in [4.78, 5) is 117. The third kappa shape index (κ3) is 23.8. The fourth-order valence-electron chi connectivity index (χ4n) is 21.0. The number of likely N-dealkylation sites (N-methyl/N-ethyl adjacent to an activating group) is 1. The number of aliphatic hydroxyl groups excluding tert-OH is 1. The molecule has 756 valence electrons. The van der Waals surface area contributed by atoms with Gasteiger partial charge in [0.2, 0.25) is 23.6 Å². The number of aromatic hydroxyl groups is 3. The van der Waals surface area contributed by atoms with Gasteiger partial charge >= 0.3 is 18.0 Å². The Labute approximate surface area is 843 Å². The molecule has 33 nitrogen and oxygen atoms in total. The van der Waals surface area contributed by atoms with Gasteiger partial charge in [0.05, 0.1) is 67.8 Å². The van der Waals surface area contributed by atoms with Crippen LogP contribution in [0.25, 0.3) is 32.3 Å². The number of hydrogen-bond acceptors (Lipinski definition) is 29. The van der Waals surface area contributed by atoms with E-state index in [-0.39, 0.29) is 65.7 Å². The first-order valence-corrected chi connectivity index (χ1v) is 50.7. The van der Waals surface area contributed by atoms with Crippen molar-refractivity contribution in [2.24, 2.45) is 5.92 Å². The molecule has 20 rings (SSSR count). The number of nitrogens with zero attached hydrogens (tertiary/aromatic N) is 22. The number of piperazine rings is 4. The highest BCUT2D eigenvalue weighted by atomic mass is 16.5. The maximum absolute atomic E-state index is 12.2. The summed E-state index contributed by atoms with van der Waals surface area (Å²) < 4.78 is 18.6. The molecule has 4 N–H and O–H groups in total. The van der Waals surface area contributed by atoms with Crippen molar-refractivity contribution in [3.8, 4) is 35.3 Å². The van der Waals surface area contributed by atoms with Crippen molar-refractivity contribution in [2.75, 3.05) is 219 Å². The number of aliphatic hydroxyl groups is 1. The fraction of sp³-hybridized carbons (Fsp3) is 0.423. The molecule has 33 heteroatoms. The summed E-state index contributed by atoms with van der Waals surface area (Å²) in [7, 11) is 6.21. The molecular weight excluding hydrogens is 1820 g/mol. The predicted octanol–water partition coefficient (Wildman–Crippen LogP) is 12.2. The number of likely N-dealkylation sites (tertiary alicyclic amines) is 1. The van der Waals surface area contributed by atoms with Gasteiger partial charge in [-0.2, -0.15) is 29.9 Å². The van der Waals surface area contributed by atoms with Gasteiger partial charge in [-0.3, -0.25) is 24.1 Å². The first-order valence-electron chi connectivity index (χ1n) is 50.7. The zero-order valence-electron chi connectivity index (χ0n) is 84.0. The van der Waals surface area contributed by atoms with E-state index >= 15 is 0 Å². The number of ether oxygens (including phenoxy) is 3. The molecule has 11 aromatic rings. The Bertz CT molecular complexity index is 6420. The van der Waals surface area contributed by atoms with Crippen LogP contribution in [0.4, 0.5) is 40.3 Å². The van der Waals surface area contributed by atoms with Crippen molar-refractivity contribution < 1.29 is 53.8 Å². The predicted molar refractivity (Wildman–Crippen MR) is 565 cm³/mol. The smallest absolute Gasteiger partial charge is 0.318 e. The topological polar surface area (TPSA) is 325 Å². The van der Waals surface area contributed by atoms with Gasteiger partial charge in [-0.25, -0.2) is 9.97 Å². The molecule has 0 saturated carbocycles. The number of piperidine rings is 1. The van der Waals surface area contributed by atoms with Gasteiger partial charge in [0.25, 0.3) is 0 Å². The zero-order valence-corrected chi connectivity index (χ0v) is 84.0. The summed E-state index contributed by atoms with van der Waals surface area (Å²) in [6, 6.07) is 46.8. The van der Waals surface area contributed by atoms with Crippen LogP contribution in [-0.4, -0.2) is 315 Å². The van der Waals surface area contributed by atoms with E-state index < -0.39 is 0 Å². The lowest BCUT2D eigenvalue weighted by Crippen LogP contribution is -2.49. The number of phenols is 3. The molecule has 4 amide bonds. The monoisotopic (exact) mass is 1950 g/mol. The molecule has 0 aliphatic carbocycles. The van der Waals surface area contributed by atoms with E-state index in [0.29, 0.717) is 155 Å². The van der Waals surface area contributed by atoms with Gasteiger partial charge < -0.3 is 98.3 Å². The number of aromatic nitrogens is 8. The van der Waals surface area contributed by atoms with Crippen molar-refractivity contribution in [1.82, 2.24) is 74.2 Å². The van der Waals surface area contributed by atoms with Crippen LogP contribution in [0.15, 0.2) is 196 Å². The molecule has 0 radical (unpaired) electrons. The van der Waals surface area contributed by atoms with E-state index in [0.717, 1.165) is 215 Å². The highest BCUT2D eigenvalue weighted by Gasteiger charge is 2.37. The Morgan fingerprint density at radius 2 is 0.819 bits per heavy atom. The van der Waals surface area contributed by atoms with E-state index in [9.17, 15) is 39.6 Å². The summed E-state index contributed by atoms with van der Waals surface area (Å²) in [6.07, 6.45) is 14.6. The Morgan fingerprint density at radius 3 is 1.22 bits per heavy atom. The number of amides is 4. The average molecular weight is 1950 g/mol. The molecule has 7 aromatic carbocycles. The van der Waals surface area contributed by atoms with Crippen molar-refractivity contribution in [3.63, 3.8) is 0 Å². The van der Waals surface area contributed by atoms with Crippen LogP contribution in [0, 0.1) is 5.92 Å². The zero-order chi connectivity index (χ0) is 101. The number of benzene rings is 7. The second-order valence-corrected chi connectivity index (χ2v) is 38.8. The van der Waals surface area contributed by atoms with Crippen LogP contribution in [0.2, 0.25) is 0 Å². The highest BCUT2D eigenvalue weighted by molar-refractivity contribution is 5.98. The van der Waals surface area contributed by atoms with Gasteiger partial charge in [0.1, 0.15) is 53.5 Å². The molecule has 4 atom stereocenters. The summed E-state index contributed by atoms with van der Waals surface area (Å²) in [5, 5.41) is 47.7. The summed E-state index contributed by atoms with van der Waals surface area (Å²) in [5.41, 5.74) is 12.6. The standard InChI is InChI=1S/C31H38N6O3.C29H36N6O3.C29H35N5O3.C22H27N5O2/c1-3-29(39)35-13-15-36(16-14-35)30-26-10-12-37(28-18-24(38)17-23-8-4-5-9-25(23)28)20-27(26)32-31(33-30)40-21-22-7-6-11-34(2)19-22;1-5-27(37)33-12-14-34(15-13-33)28-24-10-11-35(26-17-22(36)16-21-8-6-7-9-23(21)26)18-25(24)30-29(31-28)38-19-20(2)32(3)4;1-4-8-20(3)37-29-30-25-19-34(26-18-22(35)17-21-9-6-7-10-23(21)26)12-11-24(25)28(31-29)33-15-13-32(14-16-33)27(36)5-2;1-2-21(29)25-10-12-26(13-11-25)22-18-8-9-27(14-19(18)23-16-24-22)20(15-28)17-6-4-3-5-7-17/h3-5,8-9,17-18,22,38H,1,6-7,10-16,19-21H2,2H3;5-9,16-17,20,36H,1,10-15,18-19H2,2-4H3;5-7,9-10,17-18,20,35H,2,4,8,11-16,19H2,1,3H3;2-7,16,20,28H,1,8-15H2. The lowest BCUT2D eigenvalue weighted by Gasteiger charge is -2.38. The Hall–Kier alpha value is -14.3. The van der Waals surface area contributed by atoms with Crippen LogP contribution < -0.4 is 48.5 Å². The third-order valence-corrected chi connectivity index (χ3v) is 29.1. The lowest BCUT2D eigenvalue weighted by molar-refractivity contribution is -0.127. The number of rotatable bonds is 25. The van der Waals surface area contributed by atoms with Gasteiger partial charge in [-0.05, 0) is 151 Å². The van der Waals surface area contributed by atoms with Crippen molar-refractivity contribution >= 4 is 96.3 Å². The van der Waals surface area contributed by atoms with E-state index in [1.54, 1.807) is 18.5 Å². The van der Waals surface area contributed by atoms with Crippen molar-refractivity contribution in [3.05, 3.63) is 247 Å². The normalized spacial score (nSPS) is 17.8. The molecule has 13 heterocycles. The van der Waals surface area contributed by atoms with E-state index in [4.69, 9.17) is 44.1 Å². The number of carbonyl (C=O) groups excluding carboxylic acids is 4. The van der Waals surface area contributed by atoms with Gasteiger partial charge in [0, 0.05) is 230 Å². The first-order chi connectivity index (χ1) is 70.0. The molecule has 0 spiro atoms. The lowest BCUT2D eigenvalue weighted by atomic mass is 9.99. The molecule has 9 aliphatic rings. The third-order valence-electron chi connectivity index (χ3n) is 29.1. The number of carbonyl (C=O) groups is 4. The number of anilines is 7. The minimum Gasteiger partial charge on any atom is -0.508 e. The Morgan fingerprint density at radius 1 is 0.438 bits per heavy atom. The maximum Gasteiger partial charge on any atom is 0.318 e. The average Bonchev–Trinajstić information content (AvgIpc) is 0.784. The maximum atomic E-state index is 12.2. The molecule has 4 aromatic heterocycles. The summed E-state index contributed by atoms with van der Waals surface area (Å²) in [6.45, 7) is 40.6. The summed E-state index contributed by atoms with van der Waals surface area (Å²) >= 11 is 0. The Balaban J connectivity index is 0.000000132. The number of fused-ring (bicyclic) bond motifs is 7. The van der Waals surface area contributed by atoms with Gasteiger partial charge in [0.15, 0.2) is 0 Å². The SMILES string of the molecule is C=CC(=O)N1CCN(c2nc(OC(C)CCC)nc3c2CCN(c2cc(O)cc4ccccc24)C3)CC1.C=CC(=O)N1CCN(c2nc(OCC(C)N(C)C)nc3c2CCN(c2cc(O)cc4ccccc24)C3)CC1.C=CC(=O)N1CCN(c2nc(OCC3CCCN(C)C3)nc3c2CCN(c2cc(O)cc4ccccc24)C3)CC1.C=CC(=O)N1CCN(c2ncnc3c2CCN(C(CO)c2ccccc2)C3)CC1. The molecule has 144 heavy (non-hydrogen) atoms. The van der Waals surface area contributed by atoms with Gasteiger partial charge in [-0.1, -0.05) is 143 Å². The second kappa shape index (κ2) is 46.8. The van der Waals surface area contributed by atoms with Crippen LogP contribution >= 0.6 is 0 Å². The van der Waals surface area contributed by atoms with Crippen LogP contribution in [0.5, 0.6) is 35.3 Å². The highest BCUT2D eigenvalue weighted by Crippen LogP contribution is 2.43. The molecule has 9 aliphatic heterocycles. The minimum atomic E-state index is -0.0370. The van der Waals surface area contributed by atoms with E-state index in [1.807, 2.05) is 131 Å². The van der Waals surface area contributed by atoms with Crippen molar-refractivity contribution in [1.29, 1.82) is 0 Å². The molecule has 5 saturated heterocycles. The molecule has 0 bridgehead atoms. The van der Waals surface area contributed by atoms with Crippen LogP contribution in [-0.2, 0) is 71.0 Å². The van der Waals surface area contributed by atoms with Crippen LogP contribution in [0.3, 0.4) is 0 Å². The molecular formula is C111H136N22O11. The quantitative estimate of drug-likeness (QED) is 0.0386. The largest absolute Gasteiger partial charge is 0.508 e. The minimum absolute atomic E-state index is 0.0130. The number of hydrogen-bond donors (Lipinski definition) is 4. The van der Waals surface area contributed by atoms with Crippen LogP contribution in [0.1, 0.15) is 103 Å². The van der Waals surface area contributed by atoms with E-state index in [2.05, 4.69) is 143 Å². The molecule has 5 fully saturated rings. The van der Waals surface area contributed by atoms with E-state index in [1.165, 1.54) is 36.3 Å². The number of phenolic OH excluding ortho intramolecular Hbond substituents is 3. The van der Waals surface area contributed by atoms with Crippen molar-refractivity contribution in [2.45, 2.75) is 117 Å². The second-order valence-electron chi connectivity index (χ2n) is 38.8. The fourth-order valence-corrected chi connectivity index (χ4v) is 21.0. The van der Waals surface area contributed by atoms with Gasteiger partial charge in [-0.15, -0.1) is 0 Å².